The van der Waals surface area contributed by atoms with Crippen molar-refractivity contribution < 1.29 is 22.4 Å². The summed E-state index contributed by atoms with van der Waals surface area (Å²) in [6, 6.07) is 6.82. The van der Waals surface area contributed by atoms with Crippen LogP contribution in [0, 0.1) is 12.7 Å². The van der Waals surface area contributed by atoms with Crippen molar-refractivity contribution in [2.45, 2.75) is 32.6 Å². The van der Waals surface area contributed by atoms with Crippen LogP contribution in [0.3, 0.4) is 0 Å². The lowest BCUT2D eigenvalue weighted by molar-refractivity contribution is -0.138. The van der Waals surface area contributed by atoms with Gasteiger partial charge in [0.25, 0.3) is 5.56 Å². The van der Waals surface area contributed by atoms with E-state index in [-0.39, 0.29) is 5.82 Å². The van der Waals surface area contributed by atoms with Gasteiger partial charge in [-0.15, -0.1) is 11.3 Å². The van der Waals surface area contributed by atoms with Crippen molar-refractivity contribution >= 4 is 17.2 Å². The summed E-state index contributed by atoms with van der Waals surface area (Å²) < 4.78 is 52.3. The van der Waals surface area contributed by atoms with Gasteiger partial charge in [-0.1, -0.05) is 0 Å². The van der Waals surface area contributed by atoms with E-state index in [2.05, 4.69) is 10.3 Å². The third kappa shape index (κ3) is 4.93. The fourth-order valence-electron chi connectivity index (χ4n) is 2.86. The minimum atomic E-state index is -4.62. The molecule has 0 bridgehead atoms. The smallest absolute Gasteiger partial charge is 0.347 e. The fourth-order valence-corrected chi connectivity index (χ4v) is 3.93. The van der Waals surface area contributed by atoms with Gasteiger partial charge >= 0.3 is 6.18 Å². The Hall–Kier alpha value is -3.01. The minimum Gasteiger partial charge on any atom is -0.347 e. The maximum absolute atomic E-state index is 13.1. The minimum absolute atomic E-state index is 0.363. The molecular formula is C20H17F4N3O2S. The van der Waals surface area contributed by atoms with Crippen LogP contribution in [-0.2, 0) is 17.5 Å². The number of benzene rings is 1. The van der Waals surface area contributed by atoms with E-state index in [0.29, 0.717) is 27.5 Å². The zero-order chi connectivity index (χ0) is 22.1. The molecule has 1 amide bonds. The van der Waals surface area contributed by atoms with Crippen LogP contribution in [0.5, 0.6) is 0 Å². The van der Waals surface area contributed by atoms with Crippen LogP contribution in [0.15, 0.2) is 47.4 Å². The van der Waals surface area contributed by atoms with Gasteiger partial charge in [0.05, 0.1) is 22.2 Å². The van der Waals surface area contributed by atoms with Crippen LogP contribution < -0.4 is 10.9 Å². The van der Waals surface area contributed by atoms with E-state index in [0.717, 1.165) is 16.5 Å². The van der Waals surface area contributed by atoms with Gasteiger partial charge in [0.1, 0.15) is 17.4 Å². The summed E-state index contributed by atoms with van der Waals surface area (Å²) in [5.74, 6) is -0.974. The summed E-state index contributed by atoms with van der Waals surface area (Å²) in [4.78, 5) is 29.3. The molecule has 0 spiro atoms. The summed E-state index contributed by atoms with van der Waals surface area (Å²) in [5, 5.41) is 3.33. The molecule has 158 valence electrons. The van der Waals surface area contributed by atoms with Crippen LogP contribution in [0.4, 0.5) is 17.6 Å². The molecule has 5 nitrogen and oxygen atoms in total. The Bertz CT molecular complexity index is 1120. The Labute approximate surface area is 173 Å². The van der Waals surface area contributed by atoms with Gasteiger partial charge in [-0.2, -0.15) is 13.2 Å². The molecule has 0 saturated carbocycles. The van der Waals surface area contributed by atoms with E-state index in [1.54, 1.807) is 26.0 Å². The number of alkyl halides is 3. The van der Waals surface area contributed by atoms with Crippen molar-refractivity contribution in [3.05, 3.63) is 74.9 Å². The number of hydrogen-bond acceptors (Lipinski definition) is 4. The van der Waals surface area contributed by atoms with E-state index in [1.807, 2.05) is 0 Å². The molecule has 2 aromatic heterocycles. The zero-order valence-electron chi connectivity index (χ0n) is 16.0. The Morgan fingerprint density at radius 2 is 1.87 bits per heavy atom. The molecule has 0 fully saturated rings. The number of thiazole rings is 1. The molecule has 3 rings (SSSR count). The number of pyridine rings is 1. The number of carbonyl (C=O) groups excluding carboxylic acids is 1. The van der Waals surface area contributed by atoms with E-state index in [9.17, 15) is 27.2 Å². The summed E-state index contributed by atoms with van der Waals surface area (Å²) in [6.07, 6.45) is -3.99. The Balaban J connectivity index is 1.74. The Morgan fingerprint density at radius 1 is 1.20 bits per heavy atom. The Kier molecular flexibility index (Phi) is 6.06. The van der Waals surface area contributed by atoms with Gasteiger partial charge in [0.15, 0.2) is 0 Å². The van der Waals surface area contributed by atoms with Crippen LogP contribution in [0.2, 0.25) is 0 Å². The molecule has 0 aliphatic carbocycles. The second-order valence-electron chi connectivity index (χ2n) is 6.65. The number of halogens is 4. The zero-order valence-corrected chi connectivity index (χ0v) is 16.8. The number of nitrogens with zero attached hydrogens (tertiary/aromatic N) is 2. The largest absolute Gasteiger partial charge is 0.417 e. The average Bonchev–Trinajstić information content (AvgIpc) is 3.05. The molecule has 2 heterocycles. The highest BCUT2D eigenvalue weighted by Crippen LogP contribution is 2.32. The van der Waals surface area contributed by atoms with Crippen LogP contribution in [0.1, 0.15) is 29.1 Å². The summed E-state index contributed by atoms with van der Waals surface area (Å²) in [6.45, 7) is 2.93. The normalized spacial score (nSPS) is 12.6. The Morgan fingerprint density at radius 3 is 2.50 bits per heavy atom. The molecule has 30 heavy (non-hydrogen) atoms. The van der Waals surface area contributed by atoms with Gasteiger partial charge < -0.3 is 9.88 Å². The maximum atomic E-state index is 13.1. The van der Waals surface area contributed by atoms with Gasteiger partial charge in [0.2, 0.25) is 5.91 Å². The molecular weight excluding hydrogens is 422 g/mol. The van der Waals surface area contributed by atoms with E-state index in [1.165, 1.54) is 23.5 Å². The monoisotopic (exact) mass is 439 g/mol. The first kappa shape index (κ1) is 21.7. The van der Waals surface area contributed by atoms with Gasteiger partial charge in [-0.3, -0.25) is 9.59 Å². The molecule has 0 radical (unpaired) electrons. The van der Waals surface area contributed by atoms with Gasteiger partial charge in [-0.25, -0.2) is 9.37 Å². The SMILES string of the molecule is Cc1nc(-c2ccc(F)cc2)sc1C(C)NC(=O)Cn1cc(C(F)(F)F)ccc1=O. The van der Waals surface area contributed by atoms with Gasteiger partial charge in [-0.05, 0) is 44.2 Å². The molecule has 0 aliphatic heterocycles. The fraction of sp³-hybridized carbons (Fsp3) is 0.250. The van der Waals surface area contributed by atoms with Crippen molar-refractivity contribution in [3.63, 3.8) is 0 Å². The van der Waals surface area contributed by atoms with Gasteiger partial charge in [0, 0.05) is 17.8 Å². The van der Waals surface area contributed by atoms with E-state index < -0.39 is 35.8 Å². The van der Waals surface area contributed by atoms with Crippen LogP contribution in [0.25, 0.3) is 10.6 Å². The highest BCUT2D eigenvalue weighted by molar-refractivity contribution is 7.15. The molecule has 1 aromatic carbocycles. The number of aromatic nitrogens is 2. The van der Waals surface area contributed by atoms with Crippen molar-refractivity contribution in [2.24, 2.45) is 0 Å². The lowest BCUT2D eigenvalue weighted by atomic mass is 10.2. The summed E-state index contributed by atoms with van der Waals surface area (Å²) in [7, 11) is 0. The number of rotatable bonds is 5. The molecule has 3 aromatic rings. The first-order valence-electron chi connectivity index (χ1n) is 8.85. The average molecular weight is 439 g/mol. The topological polar surface area (TPSA) is 64.0 Å². The van der Waals surface area contributed by atoms with Crippen LogP contribution in [-0.4, -0.2) is 15.5 Å². The number of hydrogen-bond donors (Lipinski definition) is 1. The molecule has 1 unspecified atom stereocenters. The summed E-state index contributed by atoms with van der Waals surface area (Å²) in [5.41, 5.74) is -0.322. The highest BCUT2D eigenvalue weighted by Gasteiger charge is 2.31. The quantitative estimate of drug-likeness (QED) is 0.603. The first-order valence-corrected chi connectivity index (χ1v) is 9.66. The third-order valence-corrected chi connectivity index (χ3v) is 5.71. The predicted molar refractivity (Wildman–Crippen MR) is 105 cm³/mol. The van der Waals surface area contributed by atoms with Crippen molar-refractivity contribution in [3.8, 4) is 10.6 Å². The number of nitrogens with one attached hydrogen (secondary N) is 1. The van der Waals surface area contributed by atoms with Crippen molar-refractivity contribution in [1.82, 2.24) is 14.9 Å². The molecule has 0 aliphatic rings. The number of carbonyl (C=O) groups is 1. The van der Waals surface area contributed by atoms with Crippen LogP contribution >= 0.6 is 11.3 Å². The molecule has 0 saturated heterocycles. The molecule has 1 N–H and O–H groups in total. The maximum Gasteiger partial charge on any atom is 0.417 e. The standard InChI is InChI=1S/C20H17F4N3O2S/c1-11(18-12(2)26-19(30-18)13-3-6-15(21)7-4-13)25-16(28)10-27-9-14(20(22,23)24)5-8-17(27)29/h3-9,11H,10H2,1-2H3,(H,25,28). The van der Waals surface area contributed by atoms with Crippen molar-refractivity contribution in [1.29, 1.82) is 0 Å². The van der Waals surface area contributed by atoms with E-state index in [4.69, 9.17) is 0 Å². The second kappa shape index (κ2) is 8.39. The van der Waals surface area contributed by atoms with Crippen molar-refractivity contribution in [2.75, 3.05) is 0 Å². The highest BCUT2D eigenvalue weighted by atomic mass is 32.1. The second-order valence-corrected chi connectivity index (χ2v) is 7.68. The molecule has 10 heteroatoms. The third-order valence-electron chi connectivity index (χ3n) is 4.32. The van der Waals surface area contributed by atoms with E-state index >= 15 is 0 Å². The summed E-state index contributed by atoms with van der Waals surface area (Å²) >= 11 is 1.32. The lowest BCUT2D eigenvalue weighted by Gasteiger charge is -2.14. The number of amides is 1. The molecule has 1 atom stereocenters. The lowest BCUT2D eigenvalue weighted by Crippen LogP contribution is -2.34. The predicted octanol–water partition coefficient (Wildman–Crippen LogP) is 4.32. The first-order chi connectivity index (χ1) is 14.0. The number of aryl methyl sites for hydroxylation is 1.